The van der Waals surface area contributed by atoms with Crippen LogP contribution in [0, 0.1) is 15.9 Å². The molecule has 0 radical (unpaired) electrons. The lowest BCUT2D eigenvalue weighted by Crippen LogP contribution is -2.52. The number of halogens is 1. The summed E-state index contributed by atoms with van der Waals surface area (Å²) >= 11 is 0. The fourth-order valence-electron chi connectivity index (χ4n) is 4.58. The molecule has 0 aliphatic carbocycles. The summed E-state index contributed by atoms with van der Waals surface area (Å²) in [6.07, 6.45) is 6.91. The number of nitro groups is 1. The Morgan fingerprint density at radius 2 is 1.60 bits per heavy atom. The van der Waals surface area contributed by atoms with Gasteiger partial charge in [-0.2, -0.15) is 0 Å². The number of hydrogen-bond donors (Lipinski definition) is 2. The number of nitro benzene ring substituents is 1. The Morgan fingerprint density at radius 1 is 0.950 bits per heavy atom. The van der Waals surface area contributed by atoms with Gasteiger partial charge in [-0.3, -0.25) is 15.0 Å². The smallest absolute Gasteiger partial charge is 0.321 e. The van der Waals surface area contributed by atoms with Crippen molar-refractivity contribution in [1.82, 2.24) is 20.0 Å². The highest BCUT2D eigenvalue weighted by Gasteiger charge is 2.23. The molecule has 2 aromatic carbocycles. The molecule has 0 bridgehead atoms. The molecule has 1 fully saturated rings. The van der Waals surface area contributed by atoms with Crippen molar-refractivity contribution in [2.45, 2.75) is 52.0 Å². The molecular weight excluding hydrogens is 515 g/mol. The minimum Gasteiger partial charge on any atom is -0.338 e. The third kappa shape index (κ3) is 10.4. The van der Waals surface area contributed by atoms with E-state index >= 15 is 0 Å². The van der Waals surface area contributed by atoms with E-state index in [1.54, 1.807) is 21.9 Å². The van der Waals surface area contributed by atoms with Crippen molar-refractivity contribution in [3.05, 3.63) is 70.0 Å². The molecule has 1 heterocycles. The van der Waals surface area contributed by atoms with Gasteiger partial charge in [-0.15, -0.1) is 0 Å². The standard InChI is InChI=1S/C29H41FN6O4/c1-2-3-4-5-6-7-16-31-28(37)35(23-24-8-10-25(30)11-9-24)22-19-33-17-20-34(21-18-33)29(38)32-26-12-14-27(15-13-26)36(39)40/h8-15H,2-7,16-23H2,1H3,(H,31,37)(H,32,38). The van der Waals surface area contributed by atoms with E-state index < -0.39 is 4.92 Å². The van der Waals surface area contributed by atoms with Gasteiger partial charge in [0.25, 0.3) is 5.69 Å². The van der Waals surface area contributed by atoms with Crippen molar-refractivity contribution in [2.24, 2.45) is 0 Å². The monoisotopic (exact) mass is 556 g/mol. The highest BCUT2D eigenvalue weighted by atomic mass is 19.1. The molecule has 4 amide bonds. The highest BCUT2D eigenvalue weighted by Crippen LogP contribution is 2.16. The van der Waals surface area contributed by atoms with Crippen molar-refractivity contribution in [3.8, 4) is 0 Å². The molecule has 11 heteroatoms. The van der Waals surface area contributed by atoms with Crippen LogP contribution in [0.25, 0.3) is 0 Å². The minimum atomic E-state index is -0.481. The summed E-state index contributed by atoms with van der Waals surface area (Å²) in [6, 6.07) is 11.6. The van der Waals surface area contributed by atoms with Crippen molar-refractivity contribution in [3.63, 3.8) is 0 Å². The average Bonchev–Trinajstić information content (AvgIpc) is 2.96. The first-order valence-electron chi connectivity index (χ1n) is 14.2. The van der Waals surface area contributed by atoms with Gasteiger partial charge in [0.2, 0.25) is 0 Å². The van der Waals surface area contributed by atoms with Crippen molar-refractivity contribution in [1.29, 1.82) is 0 Å². The molecule has 40 heavy (non-hydrogen) atoms. The molecule has 3 rings (SSSR count). The summed E-state index contributed by atoms with van der Waals surface area (Å²) < 4.78 is 13.4. The number of hydrogen-bond acceptors (Lipinski definition) is 5. The summed E-state index contributed by atoms with van der Waals surface area (Å²) in [7, 11) is 0. The number of non-ortho nitro benzene ring substituents is 1. The number of amides is 4. The van der Waals surface area contributed by atoms with E-state index in [1.165, 1.54) is 62.1 Å². The number of rotatable bonds is 14. The van der Waals surface area contributed by atoms with Crippen LogP contribution in [0.5, 0.6) is 0 Å². The van der Waals surface area contributed by atoms with Gasteiger partial charge >= 0.3 is 12.1 Å². The maximum atomic E-state index is 13.4. The lowest BCUT2D eigenvalue weighted by molar-refractivity contribution is -0.384. The van der Waals surface area contributed by atoms with Crippen LogP contribution in [0.15, 0.2) is 48.5 Å². The summed E-state index contributed by atoms with van der Waals surface area (Å²) in [5.41, 5.74) is 1.33. The maximum Gasteiger partial charge on any atom is 0.321 e. The number of carbonyl (C=O) groups excluding carboxylic acids is 2. The zero-order chi connectivity index (χ0) is 28.7. The van der Waals surface area contributed by atoms with Crippen LogP contribution < -0.4 is 10.6 Å². The van der Waals surface area contributed by atoms with Crippen LogP contribution in [0.2, 0.25) is 0 Å². The zero-order valence-corrected chi connectivity index (χ0v) is 23.3. The average molecular weight is 557 g/mol. The fourth-order valence-corrected chi connectivity index (χ4v) is 4.58. The van der Waals surface area contributed by atoms with E-state index in [4.69, 9.17) is 0 Å². The molecular formula is C29H41FN6O4. The second kappa shape index (κ2) is 16.4. The molecule has 0 saturated carbocycles. The summed E-state index contributed by atoms with van der Waals surface area (Å²) in [5.74, 6) is -0.307. The lowest BCUT2D eigenvalue weighted by Gasteiger charge is -2.35. The van der Waals surface area contributed by atoms with Gasteiger partial charge in [-0.1, -0.05) is 51.2 Å². The van der Waals surface area contributed by atoms with Crippen molar-refractivity contribution in [2.75, 3.05) is 51.1 Å². The quantitative estimate of drug-likeness (QED) is 0.182. The van der Waals surface area contributed by atoms with Gasteiger partial charge < -0.3 is 20.4 Å². The van der Waals surface area contributed by atoms with Crippen molar-refractivity contribution < 1.29 is 18.9 Å². The molecule has 1 aliphatic heterocycles. The number of piperazine rings is 1. The molecule has 0 unspecified atom stereocenters. The van der Waals surface area contributed by atoms with Gasteiger partial charge in [0.1, 0.15) is 5.82 Å². The Labute approximate surface area is 235 Å². The predicted octanol–water partition coefficient (Wildman–Crippen LogP) is 5.46. The lowest BCUT2D eigenvalue weighted by atomic mass is 10.1. The largest absolute Gasteiger partial charge is 0.338 e. The van der Waals surface area contributed by atoms with Gasteiger partial charge in [-0.25, -0.2) is 14.0 Å². The first-order chi connectivity index (χ1) is 19.4. The Hall–Kier alpha value is -3.73. The third-order valence-electron chi connectivity index (χ3n) is 7.06. The predicted molar refractivity (Wildman–Crippen MR) is 154 cm³/mol. The van der Waals surface area contributed by atoms with Crippen LogP contribution in [0.1, 0.15) is 51.0 Å². The first-order valence-corrected chi connectivity index (χ1v) is 14.2. The molecule has 0 atom stereocenters. The Balaban J connectivity index is 1.45. The Kier molecular flexibility index (Phi) is 12.6. The highest BCUT2D eigenvalue weighted by molar-refractivity contribution is 5.89. The molecule has 2 aromatic rings. The van der Waals surface area contributed by atoms with Crippen LogP contribution in [0.3, 0.4) is 0 Å². The topological polar surface area (TPSA) is 111 Å². The normalized spacial score (nSPS) is 13.6. The van der Waals surface area contributed by atoms with E-state index in [1.807, 2.05) is 0 Å². The molecule has 2 N–H and O–H groups in total. The molecule has 0 spiro atoms. The van der Waals surface area contributed by atoms with Crippen LogP contribution in [-0.2, 0) is 6.54 Å². The van der Waals surface area contributed by atoms with E-state index in [9.17, 15) is 24.1 Å². The molecule has 0 aromatic heterocycles. The van der Waals surface area contributed by atoms with Gasteiger partial charge in [-0.05, 0) is 36.2 Å². The molecule has 218 valence electrons. The summed E-state index contributed by atoms with van der Waals surface area (Å²) in [6.45, 7) is 6.76. The van der Waals surface area contributed by atoms with E-state index in [0.717, 1.165) is 18.4 Å². The molecule has 1 aliphatic rings. The number of anilines is 1. The number of nitrogens with zero attached hydrogens (tertiary/aromatic N) is 4. The third-order valence-corrected chi connectivity index (χ3v) is 7.06. The van der Waals surface area contributed by atoms with Gasteiger partial charge in [0.05, 0.1) is 4.92 Å². The second-order valence-corrected chi connectivity index (χ2v) is 10.1. The summed E-state index contributed by atoms with van der Waals surface area (Å²) in [4.78, 5) is 41.7. The maximum absolute atomic E-state index is 13.4. The number of urea groups is 2. The van der Waals surface area contributed by atoms with Crippen LogP contribution >= 0.6 is 0 Å². The van der Waals surface area contributed by atoms with E-state index in [2.05, 4.69) is 22.5 Å². The number of carbonyl (C=O) groups is 2. The summed E-state index contributed by atoms with van der Waals surface area (Å²) in [5, 5.41) is 16.6. The number of nitrogens with one attached hydrogen (secondary N) is 2. The van der Waals surface area contributed by atoms with Crippen LogP contribution in [-0.4, -0.2) is 77.5 Å². The van der Waals surface area contributed by atoms with E-state index in [0.29, 0.717) is 58.0 Å². The number of unbranched alkanes of at least 4 members (excludes halogenated alkanes) is 5. The zero-order valence-electron chi connectivity index (χ0n) is 23.3. The Morgan fingerprint density at radius 3 is 2.25 bits per heavy atom. The SMILES string of the molecule is CCCCCCCCNC(=O)N(CCN1CCN(C(=O)Nc2ccc([N+](=O)[O-])cc2)CC1)Cc1ccc(F)cc1. The number of benzene rings is 2. The second-order valence-electron chi connectivity index (χ2n) is 10.1. The van der Waals surface area contributed by atoms with Gasteiger partial charge in [0.15, 0.2) is 0 Å². The Bertz CT molecular complexity index is 1070. The van der Waals surface area contributed by atoms with Crippen LogP contribution in [0.4, 0.5) is 25.4 Å². The van der Waals surface area contributed by atoms with Crippen molar-refractivity contribution >= 4 is 23.4 Å². The minimum absolute atomic E-state index is 0.0313. The van der Waals surface area contributed by atoms with E-state index in [-0.39, 0.29) is 23.6 Å². The molecule has 10 nitrogen and oxygen atoms in total. The molecule has 1 saturated heterocycles. The first kappa shape index (κ1) is 30.8. The fraction of sp³-hybridized carbons (Fsp3) is 0.517. The van der Waals surface area contributed by atoms with Gasteiger partial charge in [0, 0.05) is 70.2 Å².